The Labute approximate surface area is 259 Å². The number of aromatic nitrogens is 2. The molecule has 2 aromatic heterocycles. The Morgan fingerprint density at radius 3 is 2.22 bits per heavy atom. The number of rotatable bonds is 9. The molecule has 1 aliphatic rings. The maximum Gasteiger partial charge on any atom is 0.258 e. The number of anilines is 1. The van der Waals surface area contributed by atoms with Gasteiger partial charge in [0.25, 0.3) is 5.91 Å². The molecule has 0 radical (unpaired) electrons. The van der Waals surface area contributed by atoms with Gasteiger partial charge in [-0.2, -0.15) is 10.4 Å². The van der Waals surface area contributed by atoms with Gasteiger partial charge >= 0.3 is 0 Å². The summed E-state index contributed by atoms with van der Waals surface area (Å²) in [5, 5.41) is 13.8. The first-order valence-electron chi connectivity index (χ1n) is 14.5. The number of fused-ring (bicyclic) bond motifs is 1. The summed E-state index contributed by atoms with van der Waals surface area (Å²) >= 11 is 0. The Morgan fingerprint density at radius 1 is 0.978 bits per heavy atom. The SMILES string of the molecule is COc1ccc(CN(Cc2ccc(OC)cc2)C(=O)c2cnn3ccc(N4CC(F)CC4c4cc(F)cc(C#N)c4)cc23)cc1. The molecule has 3 heterocycles. The molecule has 8 nitrogen and oxygen atoms in total. The molecule has 228 valence electrons. The largest absolute Gasteiger partial charge is 0.497 e. The molecule has 2 unspecified atom stereocenters. The van der Waals surface area contributed by atoms with Gasteiger partial charge in [-0.15, -0.1) is 0 Å². The number of amides is 1. The first-order valence-corrected chi connectivity index (χ1v) is 14.5. The number of nitrogens with zero attached hydrogens (tertiary/aromatic N) is 5. The Morgan fingerprint density at radius 2 is 1.62 bits per heavy atom. The molecule has 1 amide bonds. The number of nitriles is 1. The zero-order chi connectivity index (χ0) is 31.5. The summed E-state index contributed by atoms with van der Waals surface area (Å²) in [5.41, 5.74) is 4.18. The van der Waals surface area contributed by atoms with Crippen molar-refractivity contribution in [3.63, 3.8) is 0 Å². The minimum Gasteiger partial charge on any atom is -0.497 e. The van der Waals surface area contributed by atoms with Crippen molar-refractivity contribution < 1.29 is 23.0 Å². The van der Waals surface area contributed by atoms with Crippen LogP contribution in [-0.2, 0) is 13.1 Å². The van der Waals surface area contributed by atoms with Crippen molar-refractivity contribution in [2.45, 2.75) is 31.7 Å². The van der Waals surface area contributed by atoms with Gasteiger partial charge < -0.3 is 19.3 Å². The van der Waals surface area contributed by atoms with E-state index in [0.717, 1.165) is 28.7 Å². The van der Waals surface area contributed by atoms with Gasteiger partial charge in [0.2, 0.25) is 0 Å². The number of halogens is 2. The maximum atomic E-state index is 14.9. The molecule has 2 atom stereocenters. The van der Waals surface area contributed by atoms with Gasteiger partial charge in [0, 0.05) is 37.9 Å². The van der Waals surface area contributed by atoms with Gasteiger partial charge in [0.15, 0.2) is 0 Å². The number of alkyl halides is 1. The van der Waals surface area contributed by atoms with Crippen molar-refractivity contribution >= 4 is 17.1 Å². The highest BCUT2D eigenvalue weighted by atomic mass is 19.1. The lowest BCUT2D eigenvalue weighted by molar-refractivity contribution is 0.0732. The highest BCUT2D eigenvalue weighted by Crippen LogP contribution is 2.38. The van der Waals surface area contributed by atoms with E-state index >= 15 is 0 Å². The van der Waals surface area contributed by atoms with Gasteiger partial charge in [-0.3, -0.25) is 4.79 Å². The van der Waals surface area contributed by atoms with Gasteiger partial charge in [0.05, 0.1) is 49.2 Å². The predicted molar refractivity (Wildman–Crippen MR) is 165 cm³/mol. The quantitative estimate of drug-likeness (QED) is 0.190. The van der Waals surface area contributed by atoms with Gasteiger partial charge in [-0.25, -0.2) is 13.3 Å². The Bertz CT molecular complexity index is 1820. The van der Waals surface area contributed by atoms with E-state index in [0.29, 0.717) is 35.4 Å². The second kappa shape index (κ2) is 12.7. The summed E-state index contributed by atoms with van der Waals surface area (Å²) in [7, 11) is 3.21. The summed E-state index contributed by atoms with van der Waals surface area (Å²) in [5.74, 6) is 0.678. The molecule has 1 saturated heterocycles. The standard InChI is InChI=1S/C35H31F2N5O3/c1-44-30-7-3-23(4-8-30)20-40(21-24-5-9-31(45-2)10-6-24)35(43)32-19-39-42-12-11-29(17-34(32)42)41-22-28(37)16-33(41)26-13-25(18-38)14-27(36)15-26/h3-15,17,19,28,33H,16,20-22H2,1-2H3. The summed E-state index contributed by atoms with van der Waals surface area (Å²) in [6, 6.07) is 24.3. The van der Waals surface area contributed by atoms with E-state index in [4.69, 9.17) is 9.47 Å². The number of carbonyl (C=O) groups excluding carboxylic acids is 1. The fourth-order valence-corrected chi connectivity index (χ4v) is 5.84. The van der Waals surface area contributed by atoms with Gasteiger partial charge in [-0.05, 0) is 71.3 Å². The average Bonchev–Trinajstić information content (AvgIpc) is 3.67. The van der Waals surface area contributed by atoms with Crippen molar-refractivity contribution in [3.8, 4) is 17.6 Å². The summed E-state index contributed by atoms with van der Waals surface area (Å²) in [4.78, 5) is 17.8. The molecule has 3 aromatic carbocycles. The third-order valence-corrected chi connectivity index (χ3v) is 8.10. The number of methoxy groups -OCH3 is 2. The zero-order valence-electron chi connectivity index (χ0n) is 24.9. The summed E-state index contributed by atoms with van der Waals surface area (Å²) < 4.78 is 41.4. The number of ether oxygens (including phenoxy) is 2. The van der Waals surface area contributed by atoms with Crippen LogP contribution in [0.2, 0.25) is 0 Å². The molecule has 0 saturated carbocycles. The van der Waals surface area contributed by atoms with Crippen LogP contribution in [0, 0.1) is 17.1 Å². The molecular formula is C35H31F2N5O3. The number of hydrogen-bond acceptors (Lipinski definition) is 6. The van der Waals surface area contributed by atoms with Crippen molar-refractivity contribution in [2.24, 2.45) is 0 Å². The van der Waals surface area contributed by atoms with Crippen molar-refractivity contribution in [2.75, 3.05) is 25.7 Å². The number of hydrogen-bond donors (Lipinski definition) is 0. The van der Waals surface area contributed by atoms with Crippen LogP contribution < -0.4 is 14.4 Å². The molecule has 45 heavy (non-hydrogen) atoms. The first kappa shape index (κ1) is 29.6. The van der Waals surface area contributed by atoms with Crippen LogP contribution in [0.5, 0.6) is 11.5 Å². The third-order valence-electron chi connectivity index (χ3n) is 8.10. The van der Waals surface area contributed by atoms with Crippen molar-refractivity contribution in [1.82, 2.24) is 14.5 Å². The van der Waals surface area contributed by atoms with Crippen LogP contribution in [0.25, 0.3) is 5.52 Å². The van der Waals surface area contributed by atoms with E-state index in [-0.39, 0.29) is 24.4 Å². The Balaban J connectivity index is 1.34. The van der Waals surface area contributed by atoms with E-state index in [1.807, 2.05) is 65.6 Å². The lowest BCUT2D eigenvalue weighted by Crippen LogP contribution is -2.30. The van der Waals surface area contributed by atoms with E-state index in [1.54, 1.807) is 48.2 Å². The smallest absolute Gasteiger partial charge is 0.258 e. The molecule has 0 spiro atoms. The summed E-state index contributed by atoms with van der Waals surface area (Å²) in [6.45, 7) is 0.770. The second-order valence-corrected chi connectivity index (χ2v) is 11.0. The van der Waals surface area contributed by atoms with E-state index in [1.165, 1.54) is 6.07 Å². The van der Waals surface area contributed by atoms with Gasteiger partial charge in [-0.1, -0.05) is 24.3 Å². The molecule has 0 N–H and O–H groups in total. The number of carbonyl (C=O) groups is 1. The molecular weight excluding hydrogens is 576 g/mol. The topological polar surface area (TPSA) is 83.1 Å². The van der Waals surface area contributed by atoms with E-state index < -0.39 is 18.0 Å². The Kier molecular flexibility index (Phi) is 8.34. The molecule has 1 fully saturated rings. The molecule has 10 heteroatoms. The van der Waals surface area contributed by atoms with Crippen LogP contribution >= 0.6 is 0 Å². The molecule has 5 aromatic rings. The molecule has 0 aliphatic carbocycles. The predicted octanol–water partition coefficient (Wildman–Crippen LogP) is 6.49. The average molecular weight is 608 g/mol. The van der Waals surface area contributed by atoms with Crippen LogP contribution in [0.15, 0.2) is 91.3 Å². The van der Waals surface area contributed by atoms with E-state index in [2.05, 4.69) is 5.10 Å². The zero-order valence-corrected chi connectivity index (χ0v) is 24.9. The lowest BCUT2D eigenvalue weighted by Gasteiger charge is -2.27. The highest BCUT2D eigenvalue weighted by Gasteiger charge is 2.34. The normalized spacial score (nSPS) is 16.0. The van der Waals surface area contributed by atoms with Crippen LogP contribution in [0.3, 0.4) is 0 Å². The van der Waals surface area contributed by atoms with Gasteiger partial charge in [0.1, 0.15) is 23.5 Å². The third kappa shape index (κ3) is 6.29. The molecule has 6 rings (SSSR count). The molecule has 0 bridgehead atoms. The first-order chi connectivity index (χ1) is 21.8. The Hall–Kier alpha value is -5.43. The monoisotopic (exact) mass is 607 g/mol. The van der Waals surface area contributed by atoms with Crippen LogP contribution in [0.1, 0.15) is 45.1 Å². The second-order valence-electron chi connectivity index (χ2n) is 11.0. The number of pyridine rings is 1. The molecule has 1 aliphatic heterocycles. The summed E-state index contributed by atoms with van der Waals surface area (Å²) in [6.07, 6.45) is 2.28. The highest BCUT2D eigenvalue weighted by molar-refractivity contribution is 6.01. The van der Waals surface area contributed by atoms with Crippen molar-refractivity contribution in [3.05, 3.63) is 125 Å². The number of benzene rings is 3. The fraction of sp³-hybridized carbons (Fsp3) is 0.229. The minimum atomic E-state index is -1.14. The maximum absolute atomic E-state index is 14.9. The van der Waals surface area contributed by atoms with E-state index in [9.17, 15) is 18.8 Å². The minimum absolute atomic E-state index is 0.0950. The van der Waals surface area contributed by atoms with Crippen LogP contribution in [0.4, 0.5) is 14.5 Å². The fourth-order valence-electron chi connectivity index (χ4n) is 5.84. The lowest BCUT2D eigenvalue weighted by atomic mass is 10.0. The van der Waals surface area contributed by atoms with Crippen LogP contribution in [-0.4, -0.2) is 47.4 Å². The van der Waals surface area contributed by atoms with Crippen molar-refractivity contribution in [1.29, 1.82) is 5.26 Å².